The van der Waals surface area contributed by atoms with Crippen molar-refractivity contribution in [2.24, 2.45) is 0 Å². The number of nitrogens with one attached hydrogen (secondary N) is 3. The molecule has 1 fully saturated rings. The fourth-order valence-electron chi connectivity index (χ4n) is 2.77. The van der Waals surface area contributed by atoms with Crippen molar-refractivity contribution in [2.75, 3.05) is 35.2 Å². The van der Waals surface area contributed by atoms with Crippen molar-refractivity contribution in [3.63, 3.8) is 0 Å². The number of anilines is 3. The summed E-state index contributed by atoms with van der Waals surface area (Å²) in [7, 11) is 0. The van der Waals surface area contributed by atoms with Crippen LogP contribution in [0.2, 0.25) is 0 Å². The first kappa shape index (κ1) is 17.7. The maximum absolute atomic E-state index is 12.5. The average molecular weight is 353 g/mol. The Hall–Kier alpha value is -3.09. The number of pyridine rings is 1. The van der Waals surface area contributed by atoms with Gasteiger partial charge >= 0.3 is 0 Å². The summed E-state index contributed by atoms with van der Waals surface area (Å²) in [5.41, 5.74) is 2.10. The molecule has 2 amide bonds. The molecule has 0 aliphatic carbocycles. The lowest BCUT2D eigenvalue weighted by Crippen LogP contribution is -2.48. The molecule has 0 spiro atoms. The van der Waals surface area contributed by atoms with Gasteiger partial charge in [-0.25, -0.2) is 4.98 Å². The Labute approximate surface area is 152 Å². The largest absolute Gasteiger partial charge is 0.383 e. The minimum absolute atomic E-state index is 0.00896. The molecule has 1 aliphatic rings. The molecule has 7 heteroatoms. The van der Waals surface area contributed by atoms with Crippen LogP contribution in [-0.4, -0.2) is 42.5 Å². The van der Waals surface area contributed by atoms with Crippen LogP contribution in [0.5, 0.6) is 0 Å². The van der Waals surface area contributed by atoms with Gasteiger partial charge in [-0.3, -0.25) is 9.59 Å². The molecule has 136 valence electrons. The van der Waals surface area contributed by atoms with Gasteiger partial charge in [-0.05, 0) is 44.2 Å². The van der Waals surface area contributed by atoms with E-state index < -0.39 is 0 Å². The maximum atomic E-state index is 12.5. The minimum Gasteiger partial charge on any atom is -0.383 e. The molecule has 1 aromatic carbocycles. The van der Waals surface area contributed by atoms with Crippen molar-refractivity contribution in [3.8, 4) is 0 Å². The maximum Gasteiger partial charge on any atom is 0.255 e. The zero-order chi connectivity index (χ0) is 18.5. The molecule has 0 radical (unpaired) electrons. The van der Waals surface area contributed by atoms with Gasteiger partial charge in [-0.2, -0.15) is 0 Å². The topological polar surface area (TPSA) is 86.4 Å². The standard InChI is InChI=1S/C19H23N5O2/c1-13(2)22-15-5-3-4-14(10-15)19(26)23-16-6-7-17(21-11-16)24-9-8-20-18(25)12-24/h3-7,10-11,13,22H,8-9,12H2,1-2H3,(H,20,25)(H,23,26). The van der Waals surface area contributed by atoms with Gasteiger partial charge in [0.15, 0.2) is 0 Å². The average Bonchev–Trinajstić information content (AvgIpc) is 2.62. The SMILES string of the molecule is CC(C)Nc1cccc(C(=O)Nc2ccc(N3CCNC(=O)C3)nc2)c1. The van der Waals surface area contributed by atoms with E-state index >= 15 is 0 Å². The molecule has 1 aliphatic heterocycles. The van der Waals surface area contributed by atoms with E-state index in [2.05, 4.69) is 20.9 Å². The van der Waals surface area contributed by atoms with Gasteiger partial charge in [0.1, 0.15) is 5.82 Å². The second kappa shape index (κ2) is 7.86. The van der Waals surface area contributed by atoms with Crippen LogP contribution < -0.4 is 20.9 Å². The lowest BCUT2D eigenvalue weighted by Gasteiger charge is -2.27. The number of benzene rings is 1. The predicted octanol–water partition coefficient (Wildman–Crippen LogP) is 2.09. The van der Waals surface area contributed by atoms with Crippen molar-refractivity contribution in [1.29, 1.82) is 0 Å². The van der Waals surface area contributed by atoms with E-state index in [1.54, 1.807) is 18.3 Å². The number of rotatable bonds is 5. The lowest BCUT2D eigenvalue weighted by atomic mass is 10.1. The zero-order valence-electron chi connectivity index (χ0n) is 15.0. The van der Waals surface area contributed by atoms with Gasteiger partial charge in [0, 0.05) is 30.4 Å². The first-order chi connectivity index (χ1) is 12.5. The quantitative estimate of drug-likeness (QED) is 0.766. The Bertz CT molecular complexity index is 789. The van der Waals surface area contributed by atoms with E-state index in [0.29, 0.717) is 30.4 Å². The second-order valence-electron chi connectivity index (χ2n) is 6.51. The molecular weight excluding hydrogens is 330 g/mol. The number of amides is 2. The monoisotopic (exact) mass is 353 g/mol. The third-order valence-corrected chi connectivity index (χ3v) is 3.95. The molecule has 3 rings (SSSR count). The number of piperazine rings is 1. The summed E-state index contributed by atoms with van der Waals surface area (Å²) in [6.45, 7) is 5.73. The predicted molar refractivity (Wildman–Crippen MR) is 103 cm³/mol. The van der Waals surface area contributed by atoms with E-state index in [1.807, 2.05) is 43.0 Å². The lowest BCUT2D eigenvalue weighted by molar-refractivity contribution is -0.120. The highest BCUT2D eigenvalue weighted by Crippen LogP contribution is 2.17. The van der Waals surface area contributed by atoms with Crippen molar-refractivity contribution < 1.29 is 9.59 Å². The summed E-state index contributed by atoms with van der Waals surface area (Å²) in [6.07, 6.45) is 1.61. The number of carbonyl (C=O) groups excluding carboxylic acids is 2. The second-order valence-corrected chi connectivity index (χ2v) is 6.51. The summed E-state index contributed by atoms with van der Waals surface area (Å²) < 4.78 is 0. The molecular formula is C19H23N5O2. The minimum atomic E-state index is -0.190. The molecule has 0 saturated carbocycles. The summed E-state index contributed by atoms with van der Waals surface area (Å²) in [5.74, 6) is 0.524. The van der Waals surface area contributed by atoms with Crippen LogP contribution >= 0.6 is 0 Å². The van der Waals surface area contributed by atoms with Crippen LogP contribution in [0.1, 0.15) is 24.2 Å². The third kappa shape index (κ3) is 4.50. The molecule has 1 aromatic heterocycles. The van der Waals surface area contributed by atoms with E-state index in [4.69, 9.17) is 0 Å². The first-order valence-electron chi connectivity index (χ1n) is 8.67. The van der Waals surface area contributed by atoms with Gasteiger partial charge in [0.2, 0.25) is 5.91 Å². The smallest absolute Gasteiger partial charge is 0.255 e. The van der Waals surface area contributed by atoms with E-state index in [-0.39, 0.29) is 11.8 Å². The molecule has 3 N–H and O–H groups in total. The van der Waals surface area contributed by atoms with Gasteiger partial charge in [-0.15, -0.1) is 0 Å². The van der Waals surface area contributed by atoms with Crippen molar-refractivity contribution in [1.82, 2.24) is 10.3 Å². The van der Waals surface area contributed by atoms with Gasteiger partial charge in [-0.1, -0.05) is 6.07 Å². The summed E-state index contributed by atoms with van der Waals surface area (Å²) >= 11 is 0. The number of hydrogen-bond donors (Lipinski definition) is 3. The first-order valence-corrected chi connectivity index (χ1v) is 8.67. The van der Waals surface area contributed by atoms with Crippen LogP contribution in [0.3, 0.4) is 0 Å². The van der Waals surface area contributed by atoms with Crippen LogP contribution in [0, 0.1) is 0 Å². The van der Waals surface area contributed by atoms with Crippen LogP contribution in [-0.2, 0) is 4.79 Å². The molecule has 0 unspecified atom stereocenters. The Kier molecular flexibility index (Phi) is 5.36. The number of nitrogens with zero attached hydrogens (tertiary/aromatic N) is 2. The van der Waals surface area contributed by atoms with Gasteiger partial charge in [0.05, 0.1) is 18.4 Å². The van der Waals surface area contributed by atoms with Gasteiger partial charge in [0.25, 0.3) is 5.91 Å². The molecule has 1 saturated heterocycles. The third-order valence-electron chi connectivity index (χ3n) is 3.95. The molecule has 2 heterocycles. The number of hydrogen-bond acceptors (Lipinski definition) is 5. The fraction of sp³-hybridized carbons (Fsp3) is 0.316. The van der Waals surface area contributed by atoms with E-state index in [0.717, 1.165) is 18.1 Å². The Morgan fingerprint density at radius 1 is 1.23 bits per heavy atom. The summed E-state index contributed by atoms with van der Waals surface area (Å²) in [4.78, 5) is 30.2. The number of carbonyl (C=O) groups is 2. The van der Waals surface area contributed by atoms with Crippen LogP contribution in [0.4, 0.5) is 17.2 Å². The van der Waals surface area contributed by atoms with Crippen molar-refractivity contribution in [2.45, 2.75) is 19.9 Å². The Balaban J connectivity index is 1.65. The van der Waals surface area contributed by atoms with Gasteiger partial charge < -0.3 is 20.9 Å². The highest BCUT2D eigenvalue weighted by molar-refractivity contribution is 6.04. The molecule has 0 atom stereocenters. The molecule has 2 aromatic rings. The molecule has 0 bridgehead atoms. The summed E-state index contributed by atoms with van der Waals surface area (Å²) in [5, 5.41) is 8.91. The summed E-state index contributed by atoms with van der Waals surface area (Å²) in [6, 6.07) is 11.3. The van der Waals surface area contributed by atoms with Crippen molar-refractivity contribution >= 4 is 29.0 Å². The zero-order valence-corrected chi connectivity index (χ0v) is 15.0. The fourth-order valence-corrected chi connectivity index (χ4v) is 2.77. The number of aromatic nitrogens is 1. The Morgan fingerprint density at radius 3 is 2.77 bits per heavy atom. The normalized spacial score (nSPS) is 14.1. The van der Waals surface area contributed by atoms with E-state index in [1.165, 1.54) is 0 Å². The highest BCUT2D eigenvalue weighted by Gasteiger charge is 2.17. The molecule has 26 heavy (non-hydrogen) atoms. The van der Waals surface area contributed by atoms with Crippen LogP contribution in [0.25, 0.3) is 0 Å². The van der Waals surface area contributed by atoms with Crippen LogP contribution in [0.15, 0.2) is 42.6 Å². The Morgan fingerprint density at radius 2 is 2.08 bits per heavy atom. The molecule has 7 nitrogen and oxygen atoms in total. The highest BCUT2D eigenvalue weighted by atomic mass is 16.2. The van der Waals surface area contributed by atoms with E-state index in [9.17, 15) is 9.59 Å². The van der Waals surface area contributed by atoms with Crippen molar-refractivity contribution in [3.05, 3.63) is 48.2 Å².